The molecule has 0 radical (unpaired) electrons. The van der Waals surface area contributed by atoms with Gasteiger partial charge in [0, 0.05) is 18.4 Å². The van der Waals surface area contributed by atoms with Crippen LogP contribution >= 0.6 is 0 Å². The van der Waals surface area contributed by atoms with Gasteiger partial charge in [-0.15, -0.1) is 0 Å². The molecular formula is C20H20FN3O. The Morgan fingerprint density at radius 2 is 2.00 bits per heavy atom. The van der Waals surface area contributed by atoms with Crippen molar-refractivity contribution in [2.24, 2.45) is 0 Å². The molecule has 0 bridgehead atoms. The van der Waals surface area contributed by atoms with Crippen molar-refractivity contribution in [2.75, 3.05) is 0 Å². The first-order valence-electron chi connectivity index (χ1n) is 8.14. The highest BCUT2D eigenvalue weighted by atomic mass is 19.1. The van der Waals surface area contributed by atoms with Gasteiger partial charge in [0.05, 0.1) is 12.2 Å². The van der Waals surface area contributed by atoms with Crippen LogP contribution in [0, 0.1) is 19.7 Å². The van der Waals surface area contributed by atoms with Crippen molar-refractivity contribution in [3.05, 3.63) is 88.8 Å². The summed E-state index contributed by atoms with van der Waals surface area (Å²) >= 11 is 0. The third-order valence-corrected chi connectivity index (χ3v) is 4.10. The molecule has 0 fully saturated rings. The summed E-state index contributed by atoms with van der Waals surface area (Å²) in [6.07, 6.45) is 1.70. The van der Waals surface area contributed by atoms with E-state index in [0.717, 1.165) is 22.5 Å². The minimum absolute atomic E-state index is 0.160. The summed E-state index contributed by atoms with van der Waals surface area (Å²) in [6, 6.07) is 14.0. The van der Waals surface area contributed by atoms with Gasteiger partial charge in [-0.1, -0.05) is 18.2 Å². The molecule has 1 N–H and O–H groups in total. The Morgan fingerprint density at radius 1 is 1.16 bits per heavy atom. The van der Waals surface area contributed by atoms with Crippen molar-refractivity contribution in [1.82, 2.24) is 14.9 Å². The molecule has 0 aliphatic carbocycles. The van der Waals surface area contributed by atoms with Crippen molar-refractivity contribution >= 4 is 5.91 Å². The minimum Gasteiger partial charge on any atom is -0.345 e. The van der Waals surface area contributed by atoms with Crippen LogP contribution in [0.1, 0.15) is 33.0 Å². The van der Waals surface area contributed by atoms with E-state index in [2.05, 4.69) is 10.3 Å². The highest BCUT2D eigenvalue weighted by Gasteiger charge is 2.17. The summed E-state index contributed by atoms with van der Waals surface area (Å²) in [6.45, 7) is 4.67. The number of hydrogen-bond donors (Lipinski definition) is 1. The van der Waals surface area contributed by atoms with Crippen LogP contribution in [0.3, 0.4) is 0 Å². The number of amides is 1. The zero-order valence-electron chi connectivity index (χ0n) is 14.3. The van der Waals surface area contributed by atoms with E-state index in [1.54, 1.807) is 12.3 Å². The van der Waals surface area contributed by atoms with Gasteiger partial charge in [-0.25, -0.2) is 4.39 Å². The average Bonchev–Trinajstić information content (AvgIpc) is 2.87. The Hall–Kier alpha value is -2.95. The summed E-state index contributed by atoms with van der Waals surface area (Å²) in [4.78, 5) is 16.9. The molecule has 0 unspecified atom stereocenters. The van der Waals surface area contributed by atoms with Crippen LogP contribution in [0.25, 0.3) is 0 Å². The van der Waals surface area contributed by atoms with Crippen LogP contribution in [-0.4, -0.2) is 15.5 Å². The Labute approximate surface area is 146 Å². The van der Waals surface area contributed by atoms with Gasteiger partial charge in [-0.3, -0.25) is 9.78 Å². The topological polar surface area (TPSA) is 46.9 Å². The fourth-order valence-corrected chi connectivity index (χ4v) is 2.93. The Morgan fingerprint density at radius 3 is 2.72 bits per heavy atom. The maximum atomic E-state index is 13.4. The fraction of sp³-hybridized carbons (Fsp3) is 0.200. The van der Waals surface area contributed by atoms with Gasteiger partial charge in [-0.2, -0.15) is 0 Å². The molecule has 128 valence electrons. The molecule has 3 rings (SSSR count). The quantitative estimate of drug-likeness (QED) is 0.773. The largest absolute Gasteiger partial charge is 0.345 e. The zero-order valence-corrected chi connectivity index (χ0v) is 14.3. The number of carbonyl (C=O) groups excluding carboxylic acids is 1. The van der Waals surface area contributed by atoms with Gasteiger partial charge in [0.25, 0.3) is 5.91 Å². The summed E-state index contributed by atoms with van der Waals surface area (Å²) in [7, 11) is 0. The molecule has 0 spiro atoms. The highest BCUT2D eigenvalue weighted by Crippen LogP contribution is 2.18. The van der Waals surface area contributed by atoms with Gasteiger partial charge >= 0.3 is 0 Å². The van der Waals surface area contributed by atoms with Gasteiger partial charge in [-0.05, 0) is 55.3 Å². The molecule has 5 heteroatoms. The monoisotopic (exact) mass is 337 g/mol. The number of hydrogen-bond acceptors (Lipinski definition) is 2. The predicted molar refractivity (Wildman–Crippen MR) is 94.8 cm³/mol. The van der Waals surface area contributed by atoms with Crippen LogP contribution < -0.4 is 5.32 Å². The van der Waals surface area contributed by atoms with Gasteiger partial charge < -0.3 is 9.88 Å². The first kappa shape index (κ1) is 16.9. The maximum Gasteiger partial charge on any atom is 0.268 e. The molecule has 0 aliphatic heterocycles. The SMILES string of the molecule is Cc1cc(C)n(Cc2cccc(F)c2)c1C(=O)NCc1ccccn1. The van der Waals surface area contributed by atoms with Crippen molar-refractivity contribution in [1.29, 1.82) is 0 Å². The molecule has 4 nitrogen and oxygen atoms in total. The van der Waals surface area contributed by atoms with Crippen LogP contribution in [0.2, 0.25) is 0 Å². The van der Waals surface area contributed by atoms with E-state index in [9.17, 15) is 9.18 Å². The number of aromatic nitrogens is 2. The van der Waals surface area contributed by atoms with Crippen molar-refractivity contribution < 1.29 is 9.18 Å². The molecule has 3 aromatic rings. The third kappa shape index (κ3) is 3.94. The van der Waals surface area contributed by atoms with Gasteiger partial charge in [0.15, 0.2) is 0 Å². The van der Waals surface area contributed by atoms with E-state index in [1.165, 1.54) is 12.1 Å². The fourth-order valence-electron chi connectivity index (χ4n) is 2.93. The second-order valence-electron chi connectivity index (χ2n) is 6.04. The Bertz CT molecular complexity index is 887. The average molecular weight is 337 g/mol. The molecule has 0 aliphatic rings. The molecule has 2 heterocycles. The summed E-state index contributed by atoms with van der Waals surface area (Å²) in [5, 5.41) is 2.91. The number of benzene rings is 1. The first-order chi connectivity index (χ1) is 12.0. The first-order valence-corrected chi connectivity index (χ1v) is 8.14. The number of carbonyl (C=O) groups is 1. The smallest absolute Gasteiger partial charge is 0.268 e. The summed E-state index contributed by atoms with van der Waals surface area (Å²) < 4.78 is 15.4. The molecule has 0 saturated heterocycles. The molecule has 1 aromatic carbocycles. The Kier molecular flexibility index (Phi) is 4.93. The lowest BCUT2D eigenvalue weighted by molar-refractivity contribution is 0.0940. The van der Waals surface area contributed by atoms with Crippen LogP contribution in [0.4, 0.5) is 4.39 Å². The minimum atomic E-state index is -0.278. The highest BCUT2D eigenvalue weighted by molar-refractivity contribution is 5.94. The molecule has 2 aromatic heterocycles. The molecule has 25 heavy (non-hydrogen) atoms. The number of nitrogens with one attached hydrogen (secondary N) is 1. The van der Waals surface area contributed by atoms with Gasteiger partial charge in [0.1, 0.15) is 11.5 Å². The second kappa shape index (κ2) is 7.30. The van der Waals surface area contributed by atoms with Crippen LogP contribution in [0.15, 0.2) is 54.7 Å². The van der Waals surface area contributed by atoms with Crippen molar-refractivity contribution in [3.63, 3.8) is 0 Å². The van der Waals surface area contributed by atoms with E-state index in [4.69, 9.17) is 0 Å². The van der Waals surface area contributed by atoms with Crippen molar-refractivity contribution in [2.45, 2.75) is 26.9 Å². The number of rotatable bonds is 5. The number of nitrogens with zero attached hydrogens (tertiary/aromatic N) is 2. The van der Waals surface area contributed by atoms with E-state index >= 15 is 0 Å². The summed E-state index contributed by atoms with van der Waals surface area (Å²) in [5.41, 5.74) is 4.07. The van der Waals surface area contributed by atoms with Crippen molar-refractivity contribution in [3.8, 4) is 0 Å². The molecular weight excluding hydrogens is 317 g/mol. The van der Waals surface area contributed by atoms with Crippen LogP contribution in [0.5, 0.6) is 0 Å². The van der Waals surface area contributed by atoms with Crippen LogP contribution in [-0.2, 0) is 13.1 Å². The lowest BCUT2D eigenvalue weighted by Crippen LogP contribution is -2.27. The number of aryl methyl sites for hydroxylation is 2. The lowest BCUT2D eigenvalue weighted by atomic mass is 10.2. The van der Waals surface area contributed by atoms with Gasteiger partial charge in [0.2, 0.25) is 0 Å². The maximum absolute atomic E-state index is 13.4. The van der Waals surface area contributed by atoms with E-state index < -0.39 is 0 Å². The van der Waals surface area contributed by atoms with E-state index in [-0.39, 0.29) is 11.7 Å². The lowest BCUT2D eigenvalue weighted by Gasteiger charge is -2.13. The zero-order chi connectivity index (χ0) is 17.8. The predicted octanol–water partition coefficient (Wildman–Crippen LogP) is 3.62. The Balaban J connectivity index is 1.82. The number of pyridine rings is 1. The van der Waals surface area contributed by atoms with E-state index in [1.807, 2.05) is 48.7 Å². The number of halogens is 1. The molecule has 0 saturated carbocycles. The second-order valence-corrected chi connectivity index (χ2v) is 6.04. The normalized spacial score (nSPS) is 10.7. The van der Waals surface area contributed by atoms with E-state index in [0.29, 0.717) is 18.8 Å². The standard InChI is InChI=1S/C20H20FN3O/c1-14-10-15(2)24(13-16-6-5-7-17(21)11-16)19(14)20(25)23-12-18-8-3-4-9-22-18/h3-11H,12-13H2,1-2H3,(H,23,25). The molecule has 1 amide bonds. The third-order valence-electron chi connectivity index (χ3n) is 4.10. The molecule has 0 atom stereocenters. The summed E-state index contributed by atoms with van der Waals surface area (Å²) in [5.74, 6) is -0.437.